The van der Waals surface area contributed by atoms with Crippen LogP contribution in [0, 0.1) is 0 Å². The van der Waals surface area contributed by atoms with Crippen LogP contribution in [-0.2, 0) is 12.8 Å². The predicted octanol–water partition coefficient (Wildman–Crippen LogP) is 3.51. The molecule has 1 fully saturated rings. The van der Waals surface area contributed by atoms with Gasteiger partial charge in [-0.2, -0.15) is 4.98 Å². The number of rotatable bonds is 2. The molecule has 2 aromatic heterocycles. The minimum Gasteiger partial charge on any atom is -0.368 e. The molecule has 2 aromatic rings. The molecule has 0 amide bonds. The van der Waals surface area contributed by atoms with E-state index in [9.17, 15) is 0 Å². The zero-order valence-corrected chi connectivity index (χ0v) is 12.4. The molecule has 0 aliphatic heterocycles. The molecule has 1 saturated carbocycles. The molecule has 4 rings (SSSR count). The van der Waals surface area contributed by atoms with Gasteiger partial charge in [-0.05, 0) is 37.7 Å². The van der Waals surface area contributed by atoms with Gasteiger partial charge in [0.15, 0.2) is 0 Å². The minimum absolute atomic E-state index is 0.399. The lowest BCUT2D eigenvalue weighted by molar-refractivity contribution is 0.462. The van der Waals surface area contributed by atoms with Crippen molar-refractivity contribution in [1.29, 1.82) is 0 Å². The summed E-state index contributed by atoms with van der Waals surface area (Å²) in [6.07, 6.45) is 10.1. The largest absolute Gasteiger partial charge is 0.368 e. The number of thiophene rings is 1. The second-order valence-electron chi connectivity index (χ2n) is 5.95. The van der Waals surface area contributed by atoms with Crippen LogP contribution in [0.25, 0.3) is 10.2 Å². The van der Waals surface area contributed by atoms with Crippen molar-refractivity contribution in [2.24, 2.45) is 0 Å². The van der Waals surface area contributed by atoms with E-state index in [1.54, 1.807) is 11.3 Å². The van der Waals surface area contributed by atoms with E-state index < -0.39 is 0 Å². The van der Waals surface area contributed by atoms with Crippen LogP contribution in [0.2, 0.25) is 0 Å². The second kappa shape index (κ2) is 4.88. The number of nitrogen functional groups attached to an aromatic ring is 1. The van der Waals surface area contributed by atoms with Crippen LogP contribution >= 0.6 is 11.3 Å². The highest BCUT2D eigenvalue weighted by Crippen LogP contribution is 2.40. The number of aryl methyl sites for hydroxylation is 2. The Morgan fingerprint density at radius 1 is 1.05 bits per heavy atom. The Bertz CT molecular complexity index is 643. The number of nitrogens with zero attached hydrogens (tertiary/aromatic N) is 2. The summed E-state index contributed by atoms with van der Waals surface area (Å²) in [7, 11) is 0. The summed E-state index contributed by atoms with van der Waals surface area (Å²) in [5.74, 6) is 1.38. The lowest BCUT2D eigenvalue weighted by Crippen LogP contribution is -2.23. The van der Waals surface area contributed by atoms with Crippen LogP contribution in [0.5, 0.6) is 0 Å². The number of nitrogens with two attached hydrogens (primary N) is 1. The molecule has 0 saturated heterocycles. The van der Waals surface area contributed by atoms with Crippen molar-refractivity contribution in [3.63, 3.8) is 0 Å². The molecule has 0 radical (unpaired) electrons. The summed E-state index contributed by atoms with van der Waals surface area (Å²) in [4.78, 5) is 11.5. The molecule has 0 bridgehead atoms. The number of fused-ring (bicyclic) bond motifs is 3. The molecule has 2 aliphatic carbocycles. The highest BCUT2D eigenvalue weighted by Gasteiger charge is 2.23. The van der Waals surface area contributed by atoms with Crippen molar-refractivity contribution in [2.45, 2.75) is 57.4 Å². The second-order valence-corrected chi connectivity index (χ2v) is 7.03. The van der Waals surface area contributed by atoms with E-state index in [2.05, 4.69) is 15.3 Å². The average Bonchev–Trinajstić information content (AvgIpc) is 2.99. The van der Waals surface area contributed by atoms with E-state index >= 15 is 0 Å². The third-order valence-corrected chi connectivity index (χ3v) is 5.71. The minimum atomic E-state index is 0.399. The zero-order valence-electron chi connectivity index (χ0n) is 11.6. The first-order valence-corrected chi connectivity index (χ1v) is 8.47. The Kier molecular flexibility index (Phi) is 3.02. The van der Waals surface area contributed by atoms with Gasteiger partial charge in [0.2, 0.25) is 5.95 Å². The third-order valence-electron chi connectivity index (χ3n) is 4.53. The van der Waals surface area contributed by atoms with Crippen LogP contribution in [-0.4, -0.2) is 16.0 Å². The van der Waals surface area contributed by atoms with Crippen molar-refractivity contribution in [2.75, 3.05) is 11.1 Å². The molecule has 20 heavy (non-hydrogen) atoms. The fourth-order valence-corrected chi connectivity index (χ4v) is 4.83. The lowest BCUT2D eigenvalue weighted by atomic mass is 9.95. The van der Waals surface area contributed by atoms with E-state index in [0.29, 0.717) is 12.0 Å². The number of hydrogen-bond acceptors (Lipinski definition) is 5. The maximum atomic E-state index is 5.89. The molecule has 0 atom stereocenters. The number of aromatic nitrogens is 2. The zero-order chi connectivity index (χ0) is 13.5. The summed E-state index contributed by atoms with van der Waals surface area (Å²) in [5.41, 5.74) is 7.37. The highest BCUT2D eigenvalue weighted by atomic mass is 32.1. The van der Waals surface area contributed by atoms with Gasteiger partial charge in [0.05, 0.1) is 5.39 Å². The van der Waals surface area contributed by atoms with Crippen molar-refractivity contribution in [3.05, 3.63) is 10.4 Å². The van der Waals surface area contributed by atoms with Crippen LogP contribution in [0.4, 0.5) is 11.8 Å². The van der Waals surface area contributed by atoms with Gasteiger partial charge in [-0.3, -0.25) is 0 Å². The maximum Gasteiger partial charge on any atom is 0.223 e. The van der Waals surface area contributed by atoms with Gasteiger partial charge >= 0.3 is 0 Å². The van der Waals surface area contributed by atoms with Crippen LogP contribution in [0.3, 0.4) is 0 Å². The smallest absolute Gasteiger partial charge is 0.223 e. The van der Waals surface area contributed by atoms with Gasteiger partial charge in [-0.25, -0.2) is 4.98 Å². The van der Waals surface area contributed by atoms with Crippen LogP contribution < -0.4 is 11.1 Å². The Hall–Kier alpha value is -1.36. The highest BCUT2D eigenvalue weighted by molar-refractivity contribution is 7.19. The van der Waals surface area contributed by atoms with E-state index in [1.165, 1.54) is 67.2 Å². The van der Waals surface area contributed by atoms with E-state index in [-0.39, 0.29) is 0 Å². The third kappa shape index (κ3) is 2.04. The standard InChI is InChI=1S/C15H20N4S/c16-15-18-13(17-9-5-2-1-3-6-9)12-10-7-4-8-11(10)20-14(12)19-15/h9H,1-8H2,(H3,16,17,18,19). The normalized spacial score (nSPS) is 19.4. The van der Waals surface area contributed by atoms with Crippen molar-refractivity contribution in [1.82, 2.24) is 9.97 Å². The fraction of sp³-hybridized carbons (Fsp3) is 0.600. The Morgan fingerprint density at radius 2 is 1.90 bits per heavy atom. The Morgan fingerprint density at radius 3 is 2.75 bits per heavy atom. The predicted molar refractivity (Wildman–Crippen MR) is 84.3 cm³/mol. The van der Waals surface area contributed by atoms with Gasteiger partial charge in [-0.15, -0.1) is 11.3 Å². The van der Waals surface area contributed by atoms with Gasteiger partial charge in [0, 0.05) is 10.9 Å². The Balaban J connectivity index is 1.76. The molecule has 0 aromatic carbocycles. The Labute approximate surface area is 122 Å². The lowest BCUT2D eigenvalue weighted by Gasteiger charge is -2.23. The molecule has 5 heteroatoms. The number of hydrogen-bond donors (Lipinski definition) is 2. The van der Waals surface area contributed by atoms with E-state index in [0.717, 1.165) is 10.6 Å². The molecule has 106 valence electrons. The SMILES string of the molecule is Nc1nc(NC2CCCCC2)c2c3c(sc2n1)CCC3. The molecular formula is C15H20N4S. The monoisotopic (exact) mass is 288 g/mol. The van der Waals surface area contributed by atoms with Gasteiger partial charge in [0.25, 0.3) is 0 Å². The molecule has 4 nitrogen and oxygen atoms in total. The van der Waals surface area contributed by atoms with Crippen LogP contribution in [0.15, 0.2) is 0 Å². The first-order valence-electron chi connectivity index (χ1n) is 7.65. The average molecular weight is 288 g/mol. The quantitative estimate of drug-likeness (QED) is 0.887. The number of anilines is 2. The summed E-state index contributed by atoms with van der Waals surface area (Å²) in [6, 6.07) is 0.554. The van der Waals surface area contributed by atoms with E-state index in [1.807, 2.05) is 0 Å². The first-order chi connectivity index (χ1) is 9.81. The summed E-state index contributed by atoms with van der Waals surface area (Å²) in [6.45, 7) is 0. The van der Waals surface area contributed by atoms with Gasteiger partial charge in [0.1, 0.15) is 10.6 Å². The molecule has 2 heterocycles. The first kappa shape index (κ1) is 12.4. The summed E-state index contributed by atoms with van der Waals surface area (Å²) >= 11 is 1.81. The van der Waals surface area contributed by atoms with Gasteiger partial charge < -0.3 is 11.1 Å². The van der Waals surface area contributed by atoms with Crippen molar-refractivity contribution >= 4 is 33.3 Å². The molecule has 3 N–H and O–H groups in total. The molecular weight excluding hydrogens is 268 g/mol. The summed E-state index contributed by atoms with van der Waals surface area (Å²) in [5, 5.41) is 4.91. The van der Waals surface area contributed by atoms with Crippen molar-refractivity contribution < 1.29 is 0 Å². The van der Waals surface area contributed by atoms with Gasteiger partial charge in [-0.1, -0.05) is 19.3 Å². The molecule has 0 unspecified atom stereocenters. The topological polar surface area (TPSA) is 63.8 Å². The fourth-order valence-electron chi connectivity index (χ4n) is 3.56. The number of nitrogens with one attached hydrogen (secondary N) is 1. The summed E-state index contributed by atoms with van der Waals surface area (Å²) < 4.78 is 0. The maximum absolute atomic E-state index is 5.89. The van der Waals surface area contributed by atoms with E-state index in [4.69, 9.17) is 5.73 Å². The molecule has 2 aliphatic rings. The molecule has 0 spiro atoms. The van der Waals surface area contributed by atoms with Crippen molar-refractivity contribution in [3.8, 4) is 0 Å². The van der Waals surface area contributed by atoms with Crippen LogP contribution in [0.1, 0.15) is 49.0 Å².